The summed E-state index contributed by atoms with van der Waals surface area (Å²) in [6.07, 6.45) is 5.61. The maximum atomic E-state index is 10.3. The highest BCUT2D eigenvalue weighted by Crippen LogP contribution is 2.52. The maximum absolute atomic E-state index is 10.3. The Hall–Kier alpha value is -8.78. The third kappa shape index (κ3) is 7.10. The second-order valence-corrected chi connectivity index (χ2v) is 17.1. The Morgan fingerprint density at radius 3 is 1.58 bits per heavy atom. The second kappa shape index (κ2) is 16.4. The first-order valence-electron chi connectivity index (χ1n) is 22.4. The summed E-state index contributed by atoms with van der Waals surface area (Å²) in [7, 11) is 0. The number of fused-ring (bicyclic) bond motifs is 3. The molecule has 0 spiro atoms. The van der Waals surface area contributed by atoms with Gasteiger partial charge >= 0.3 is 0 Å². The molecule has 0 radical (unpaired) electrons. The normalized spacial score (nSPS) is 13.7. The molecule has 2 aliphatic carbocycles. The maximum Gasteiger partial charge on any atom is 0.164 e. The lowest BCUT2D eigenvalue weighted by molar-refractivity contribution is 0.914. The topological polar surface area (TPSA) is 62.5 Å². The molecule has 2 aliphatic rings. The Morgan fingerprint density at radius 1 is 0.379 bits per heavy atom. The van der Waals surface area contributed by atoms with E-state index in [4.69, 9.17) is 15.0 Å². The quantitative estimate of drug-likeness (QED) is 0.153. The lowest BCUT2D eigenvalue weighted by atomic mass is 9.82. The number of hydrogen-bond acceptors (Lipinski definition) is 4. The van der Waals surface area contributed by atoms with Crippen molar-refractivity contribution in [3.63, 3.8) is 0 Å². The van der Waals surface area contributed by atoms with E-state index in [-0.39, 0.29) is 0 Å². The van der Waals surface area contributed by atoms with Gasteiger partial charge in [0.05, 0.1) is 11.6 Å². The van der Waals surface area contributed by atoms with Crippen LogP contribution in [0.3, 0.4) is 0 Å². The smallest absolute Gasteiger partial charge is 0.164 e. The van der Waals surface area contributed by atoms with Crippen molar-refractivity contribution in [1.82, 2.24) is 15.0 Å². The SMILES string of the molecule is N#Cc1ccc(-c2cccc(C3=CC=C4c5cccc6cccc(c56)C4C3)c2)cc1-c1cccc(-c2ccc(-c3nc(-c4ccccc4)nc(-c4cccc(-c5ccccc5)c4)n3)cc2)c1. The number of benzene rings is 9. The molecule has 12 rings (SSSR count). The minimum Gasteiger partial charge on any atom is -0.208 e. The van der Waals surface area contributed by atoms with Crippen molar-refractivity contribution in [3.8, 4) is 84.7 Å². The monoisotopic (exact) mass is 840 g/mol. The van der Waals surface area contributed by atoms with E-state index in [9.17, 15) is 5.26 Å². The van der Waals surface area contributed by atoms with E-state index >= 15 is 0 Å². The van der Waals surface area contributed by atoms with Gasteiger partial charge in [-0.2, -0.15) is 5.26 Å². The Balaban J connectivity index is 0.841. The minimum absolute atomic E-state index is 0.359. The van der Waals surface area contributed by atoms with Crippen LogP contribution in [0.5, 0.6) is 0 Å². The van der Waals surface area contributed by atoms with Crippen LogP contribution in [0.2, 0.25) is 0 Å². The molecule has 1 heterocycles. The van der Waals surface area contributed by atoms with Gasteiger partial charge in [0.1, 0.15) is 0 Å². The standard InChI is InChI=1S/C62H40N4/c63-39-53-31-30-49(47-20-7-21-48(34-47)50-32-33-54-55-24-10-16-42-17-11-25-56(59(42)55)58(54)38-50)37-57(53)51-22-8-18-45(35-51)41-26-28-44(29-27-41)61-64-60(43-14-5-2-6-15-43)65-62(66-61)52-23-9-19-46(36-52)40-12-3-1-4-13-40/h1-37,58H,38H2. The molecule has 0 N–H and O–H groups in total. The molecule has 4 heteroatoms. The molecule has 0 bridgehead atoms. The van der Waals surface area contributed by atoms with Crippen molar-refractivity contribution in [1.29, 1.82) is 5.26 Å². The van der Waals surface area contributed by atoms with Crippen molar-refractivity contribution in [2.75, 3.05) is 0 Å². The molecule has 0 amide bonds. The van der Waals surface area contributed by atoms with E-state index in [0.717, 1.165) is 67.6 Å². The fraction of sp³-hybridized carbons (Fsp3) is 0.0323. The number of aromatic nitrogens is 3. The van der Waals surface area contributed by atoms with Crippen LogP contribution in [0.15, 0.2) is 224 Å². The van der Waals surface area contributed by atoms with Gasteiger partial charge in [0.15, 0.2) is 17.5 Å². The number of nitrogens with zero attached hydrogens (tertiary/aromatic N) is 4. The zero-order valence-electron chi connectivity index (χ0n) is 35.9. The van der Waals surface area contributed by atoms with Gasteiger partial charge in [0.2, 0.25) is 0 Å². The van der Waals surface area contributed by atoms with Gasteiger partial charge in [-0.3, -0.25) is 0 Å². The highest BCUT2D eigenvalue weighted by atomic mass is 15.0. The van der Waals surface area contributed by atoms with Crippen molar-refractivity contribution in [2.45, 2.75) is 12.3 Å². The molecule has 1 atom stereocenters. The fourth-order valence-corrected chi connectivity index (χ4v) is 9.83. The summed E-state index contributed by atoms with van der Waals surface area (Å²) in [5.41, 5.74) is 18.6. The van der Waals surface area contributed by atoms with Gasteiger partial charge in [-0.05, 0) is 114 Å². The van der Waals surface area contributed by atoms with Crippen LogP contribution in [0, 0.1) is 11.3 Å². The van der Waals surface area contributed by atoms with E-state index in [1.54, 1.807) is 0 Å². The van der Waals surface area contributed by atoms with Crippen LogP contribution in [0.1, 0.15) is 34.6 Å². The highest BCUT2D eigenvalue weighted by Gasteiger charge is 2.31. The molecular formula is C62H40N4. The van der Waals surface area contributed by atoms with E-state index in [2.05, 4.69) is 188 Å². The molecule has 9 aromatic carbocycles. The third-order valence-electron chi connectivity index (χ3n) is 13.1. The second-order valence-electron chi connectivity index (χ2n) is 17.1. The van der Waals surface area contributed by atoms with Gasteiger partial charge in [-0.15, -0.1) is 0 Å². The van der Waals surface area contributed by atoms with Crippen LogP contribution in [0.25, 0.3) is 101 Å². The Kier molecular flexibility index (Phi) is 9.66. The average molecular weight is 841 g/mol. The van der Waals surface area contributed by atoms with E-state index in [1.165, 1.54) is 38.6 Å². The summed E-state index contributed by atoms with van der Waals surface area (Å²) in [4.78, 5) is 15.0. The molecule has 1 aromatic heterocycles. The molecule has 0 saturated heterocycles. The zero-order valence-corrected chi connectivity index (χ0v) is 35.9. The van der Waals surface area contributed by atoms with Crippen molar-refractivity contribution in [3.05, 3.63) is 247 Å². The van der Waals surface area contributed by atoms with Crippen molar-refractivity contribution >= 4 is 21.9 Å². The number of nitriles is 1. The Labute approximate surface area is 384 Å². The first-order chi connectivity index (χ1) is 32.6. The van der Waals surface area contributed by atoms with Gasteiger partial charge < -0.3 is 0 Å². The molecule has 0 aliphatic heterocycles. The van der Waals surface area contributed by atoms with Gasteiger partial charge in [-0.1, -0.05) is 194 Å². The summed E-state index contributed by atoms with van der Waals surface area (Å²) in [5.74, 6) is 2.20. The molecule has 4 nitrogen and oxygen atoms in total. The number of rotatable bonds is 8. The van der Waals surface area contributed by atoms with Crippen molar-refractivity contribution < 1.29 is 0 Å². The molecule has 308 valence electrons. The van der Waals surface area contributed by atoms with Crippen LogP contribution >= 0.6 is 0 Å². The molecule has 0 saturated carbocycles. The largest absolute Gasteiger partial charge is 0.208 e. The van der Waals surface area contributed by atoms with E-state index in [0.29, 0.717) is 29.0 Å². The molecule has 66 heavy (non-hydrogen) atoms. The third-order valence-corrected chi connectivity index (χ3v) is 13.1. The molecule has 0 fully saturated rings. The summed E-state index contributed by atoms with van der Waals surface area (Å²) in [6.45, 7) is 0. The lowest BCUT2D eigenvalue weighted by Gasteiger charge is -2.21. The van der Waals surface area contributed by atoms with E-state index < -0.39 is 0 Å². The summed E-state index contributed by atoms with van der Waals surface area (Å²) in [5, 5.41) is 13.1. The average Bonchev–Trinajstić information content (AvgIpc) is 3.73. The molecular weight excluding hydrogens is 801 g/mol. The predicted molar refractivity (Wildman–Crippen MR) is 270 cm³/mol. The number of hydrogen-bond donors (Lipinski definition) is 0. The zero-order chi connectivity index (χ0) is 44.0. The molecule has 1 unspecified atom stereocenters. The predicted octanol–water partition coefficient (Wildman–Crippen LogP) is 15.5. The van der Waals surface area contributed by atoms with Crippen LogP contribution < -0.4 is 0 Å². The van der Waals surface area contributed by atoms with Gasteiger partial charge in [0.25, 0.3) is 0 Å². The van der Waals surface area contributed by atoms with E-state index in [1.807, 2.05) is 42.5 Å². The lowest BCUT2D eigenvalue weighted by Crippen LogP contribution is -2.02. The first-order valence-corrected chi connectivity index (χ1v) is 22.4. The Bertz CT molecular complexity index is 3610. The highest BCUT2D eigenvalue weighted by molar-refractivity contribution is 6.05. The van der Waals surface area contributed by atoms with Crippen LogP contribution in [0.4, 0.5) is 0 Å². The fourth-order valence-electron chi connectivity index (χ4n) is 9.83. The van der Waals surface area contributed by atoms with Crippen molar-refractivity contribution in [2.24, 2.45) is 0 Å². The summed E-state index contributed by atoms with van der Waals surface area (Å²) in [6, 6.07) is 76.5. The first kappa shape index (κ1) is 38.9. The Morgan fingerprint density at radius 2 is 0.864 bits per heavy atom. The summed E-state index contributed by atoms with van der Waals surface area (Å²) < 4.78 is 0. The van der Waals surface area contributed by atoms with Crippen LogP contribution in [-0.2, 0) is 0 Å². The van der Waals surface area contributed by atoms with Crippen LogP contribution in [-0.4, -0.2) is 15.0 Å². The van der Waals surface area contributed by atoms with Gasteiger partial charge in [0, 0.05) is 28.2 Å². The number of allylic oxidation sites excluding steroid dienone is 4. The molecule has 10 aromatic rings. The summed E-state index contributed by atoms with van der Waals surface area (Å²) >= 11 is 0. The minimum atomic E-state index is 0.359. The van der Waals surface area contributed by atoms with Gasteiger partial charge in [-0.25, -0.2) is 15.0 Å².